The van der Waals surface area contributed by atoms with Crippen LogP contribution in [0.15, 0.2) is 0 Å². The third-order valence-corrected chi connectivity index (χ3v) is 0.816. The molecule has 0 aromatic heterocycles. The zero-order chi connectivity index (χ0) is 24.2. The van der Waals surface area contributed by atoms with E-state index >= 15 is 0 Å². The van der Waals surface area contributed by atoms with Crippen LogP contribution in [0, 0.1) is 30.1 Å². The summed E-state index contributed by atoms with van der Waals surface area (Å²) in [5, 5.41) is 8.52. The molecular formula is C25H58O2. The summed E-state index contributed by atoms with van der Waals surface area (Å²) in [5.74, 6) is 4.97. The van der Waals surface area contributed by atoms with Crippen molar-refractivity contribution in [1.82, 2.24) is 0 Å². The summed E-state index contributed by atoms with van der Waals surface area (Å²) in [5.41, 5.74) is -0.500. The first-order chi connectivity index (χ1) is 11.9. The number of ketones is 1. The fraction of sp³-hybridized carbons (Fsp3) is 0.880. The molecule has 2 nitrogen and oxygen atoms in total. The molecule has 170 valence electrons. The number of carbonyl (C=O) groups is 1. The van der Waals surface area contributed by atoms with Gasteiger partial charge >= 0.3 is 0 Å². The van der Waals surface area contributed by atoms with Gasteiger partial charge in [0.05, 0.1) is 5.60 Å². The normalized spacial score (nSPS) is 8.15. The molecular weight excluding hydrogens is 332 g/mol. The third-order valence-electron chi connectivity index (χ3n) is 0.816. The highest BCUT2D eigenvalue weighted by atomic mass is 16.3. The lowest BCUT2D eigenvalue weighted by Crippen LogP contribution is -2.10. The third kappa shape index (κ3) is 9570. The van der Waals surface area contributed by atoms with E-state index < -0.39 is 5.60 Å². The minimum atomic E-state index is -0.500. The summed E-state index contributed by atoms with van der Waals surface area (Å²) in [4.78, 5) is 9.44. The first-order valence-electron chi connectivity index (χ1n) is 10.5. The van der Waals surface area contributed by atoms with E-state index in [0.717, 1.165) is 17.8 Å². The smallest absolute Gasteiger partial charge is 0.126 e. The Morgan fingerprint density at radius 1 is 0.889 bits per heavy atom. The standard InChI is InChI=1S/C5H12.C4H10O.2C4H10.C3H6O.C3H4.C2H6/c1-4-5(2)3;1-4(2,3)5;2*1-4(2)3;1-3(2)4;1-3-2;1-2/h5H,4H2,1-3H3;5H,1-3H3;2*4H,1-3H3;1-2H3;1H,2H3;1-2H3. The van der Waals surface area contributed by atoms with Gasteiger partial charge < -0.3 is 9.90 Å². The molecule has 0 aromatic carbocycles. The van der Waals surface area contributed by atoms with Crippen molar-refractivity contribution in [2.75, 3.05) is 0 Å². The highest BCUT2D eigenvalue weighted by molar-refractivity contribution is 5.72. The second kappa shape index (κ2) is 40.0. The lowest BCUT2D eigenvalue weighted by Gasteiger charge is -2.04. The zero-order valence-corrected chi connectivity index (χ0v) is 22.4. The summed E-state index contributed by atoms with van der Waals surface area (Å²) in [6.45, 7) is 33.6. The van der Waals surface area contributed by atoms with E-state index in [1.165, 1.54) is 20.3 Å². The van der Waals surface area contributed by atoms with Crippen LogP contribution in [0.25, 0.3) is 0 Å². The Bertz CT molecular complexity index is 229. The monoisotopic (exact) mass is 390 g/mol. The van der Waals surface area contributed by atoms with E-state index in [-0.39, 0.29) is 5.78 Å². The average molecular weight is 391 g/mol. The van der Waals surface area contributed by atoms with Crippen molar-refractivity contribution < 1.29 is 9.90 Å². The Kier molecular flexibility index (Phi) is 66.9. The predicted molar refractivity (Wildman–Crippen MR) is 130 cm³/mol. The van der Waals surface area contributed by atoms with Crippen molar-refractivity contribution in [1.29, 1.82) is 0 Å². The van der Waals surface area contributed by atoms with Gasteiger partial charge in [0.1, 0.15) is 5.78 Å². The van der Waals surface area contributed by atoms with Crippen LogP contribution >= 0.6 is 0 Å². The first kappa shape index (κ1) is 45.1. The number of aliphatic hydroxyl groups is 1. The molecule has 0 saturated heterocycles. The van der Waals surface area contributed by atoms with Crippen LogP contribution in [0.3, 0.4) is 0 Å². The van der Waals surface area contributed by atoms with Crippen LogP contribution in [-0.4, -0.2) is 16.5 Å². The highest BCUT2D eigenvalue weighted by Crippen LogP contribution is 1.94. The number of terminal acetylenes is 1. The molecule has 0 rings (SSSR count). The van der Waals surface area contributed by atoms with Crippen LogP contribution in [0.2, 0.25) is 0 Å². The van der Waals surface area contributed by atoms with E-state index in [1.54, 1.807) is 27.7 Å². The van der Waals surface area contributed by atoms with Gasteiger partial charge in [0, 0.05) is 0 Å². The van der Waals surface area contributed by atoms with Crippen LogP contribution in [-0.2, 0) is 4.79 Å². The number of hydrogen-bond acceptors (Lipinski definition) is 2. The van der Waals surface area contributed by atoms with Crippen LogP contribution in [0.4, 0.5) is 0 Å². The molecule has 0 aliphatic rings. The molecule has 0 aliphatic heterocycles. The fourth-order valence-electron chi connectivity index (χ4n) is 0. The van der Waals surface area contributed by atoms with Gasteiger partial charge in [0.15, 0.2) is 0 Å². The molecule has 0 fully saturated rings. The summed E-state index contributed by atoms with van der Waals surface area (Å²) < 4.78 is 0. The Labute approximate surface area is 175 Å². The zero-order valence-electron chi connectivity index (χ0n) is 22.4. The topological polar surface area (TPSA) is 37.3 Å². The van der Waals surface area contributed by atoms with E-state index in [4.69, 9.17) is 5.11 Å². The molecule has 27 heavy (non-hydrogen) atoms. The molecule has 2 heteroatoms. The van der Waals surface area contributed by atoms with Gasteiger partial charge in [-0.15, -0.1) is 12.3 Å². The molecule has 0 amide bonds. The summed E-state index contributed by atoms with van der Waals surface area (Å²) in [7, 11) is 0. The van der Waals surface area contributed by atoms with E-state index in [1.807, 2.05) is 13.8 Å². The van der Waals surface area contributed by atoms with Crippen molar-refractivity contribution >= 4 is 5.78 Å². The lowest BCUT2D eigenvalue weighted by molar-refractivity contribution is -0.115. The Balaban J connectivity index is -0.0000000351. The summed E-state index contributed by atoms with van der Waals surface area (Å²) in [6.07, 6.45) is 5.90. The van der Waals surface area contributed by atoms with Crippen molar-refractivity contribution in [3.05, 3.63) is 0 Å². The molecule has 0 aromatic rings. The second-order valence-electron chi connectivity index (χ2n) is 8.63. The number of Topliss-reactive ketones (excluding diaryl/α,β-unsaturated/α-hetero) is 1. The maximum Gasteiger partial charge on any atom is 0.126 e. The van der Waals surface area contributed by atoms with Crippen LogP contribution < -0.4 is 0 Å². The van der Waals surface area contributed by atoms with Gasteiger partial charge in [0.25, 0.3) is 0 Å². The fourth-order valence-corrected chi connectivity index (χ4v) is 0. The molecule has 0 radical (unpaired) electrons. The lowest BCUT2D eigenvalue weighted by atomic mass is 10.2. The first-order valence-corrected chi connectivity index (χ1v) is 10.5. The average Bonchev–Trinajstić information content (AvgIpc) is 2.38. The van der Waals surface area contributed by atoms with Gasteiger partial charge in [0.2, 0.25) is 0 Å². The Morgan fingerprint density at radius 3 is 0.926 bits per heavy atom. The quantitative estimate of drug-likeness (QED) is 0.456. The Hall–Kier alpha value is -0.810. The molecule has 0 atom stereocenters. The summed E-state index contributed by atoms with van der Waals surface area (Å²) >= 11 is 0. The summed E-state index contributed by atoms with van der Waals surface area (Å²) in [6, 6.07) is 0. The van der Waals surface area contributed by atoms with Crippen LogP contribution in [0.5, 0.6) is 0 Å². The van der Waals surface area contributed by atoms with Crippen molar-refractivity contribution in [2.45, 2.75) is 130 Å². The van der Waals surface area contributed by atoms with E-state index in [2.05, 4.69) is 74.7 Å². The maximum atomic E-state index is 9.44. The molecule has 1 N–H and O–H groups in total. The largest absolute Gasteiger partial charge is 0.391 e. The minimum Gasteiger partial charge on any atom is -0.391 e. The molecule has 0 heterocycles. The number of rotatable bonds is 1. The minimum absolute atomic E-state index is 0.167. The van der Waals surface area contributed by atoms with Gasteiger partial charge in [-0.25, -0.2) is 0 Å². The van der Waals surface area contributed by atoms with E-state index in [9.17, 15) is 4.79 Å². The predicted octanol–water partition coefficient (Wildman–Crippen LogP) is 8.42. The number of hydrogen-bond donors (Lipinski definition) is 1. The molecule has 0 unspecified atom stereocenters. The van der Waals surface area contributed by atoms with Gasteiger partial charge in [-0.2, -0.15) is 0 Å². The van der Waals surface area contributed by atoms with Crippen LogP contribution in [0.1, 0.15) is 124 Å². The maximum absolute atomic E-state index is 9.44. The van der Waals surface area contributed by atoms with Crippen molar-refractivity contribution in [2.24, 2.45) is 17.8 Å². The highest BCUT2D eigenvalue weighted by Gasteiger charge is 1.97. The molecule has 0 bridgehead atoms. The van der Waals surface area contributed by atoms with E-state index in [0.29, 0.717) is 0 Å². The van der Waals surface area contributed by atoms with Gasteiger partial charge in [-0.3, -0.25) is 0 Å². The molecule has 0 aliphatic carbocycles. The molecule has 0 spiro atoms. The number of carbonyl (C=O) groups excluding carboxylic acids is 1. The van der Waals surface area contributed by atoms with Gasteiger partial charge in [-0.1, -0.05) is 82.6 Å². The van der Waals surface area contributed by atoms with Gasteiger partial charge in [-0.05, 0) is 59.3 Å². The molecule has 0 saturated carbocycles. The van der Waals surface area contributed by atoms with Crippen molar-refractivity contribution in [3.8, 4) is 12.3 Å². The second-order valence-corrected chi connectivity index (χ2v) is 8.63. The Morgan fingerprint density at radius 2 is 0.926 bits per heavy atom. The SMILES string of the molecule is C#CC.CC.CC(C)(C)O.CC(C)=O.CC(C)C.CC(C)C.CCC(C)C. The van der Waals surface area contributed by atoms with Crippen molar-refractivity contribution in [3.63, 3.8) is 0 Å².